The van der Waals surface area contributed by atoms with Gasteiger partial charge in [0.25, 0.3) is 11.5 Å². The number of rotatable bonds is 5. The molecule has 1 unspecified atom stereocenters. The molecule has 0 aliphatic rings. The van der Waals surface area contributed by atoms with Gasteiger partial charge in [-0.15, -0.1) is 0 Å². The molecule has 3 heterocycles. The highest BCUT2D eigenvalue weighted by atomic mass is 16.2. The average Bonchev–Trinajstić information content (AvgIpc) is 3.07. The number of carbonyl (C=O) groups excluding carboxylic acids is 1. The predicted octanol–water partition coefficient (Wildman–Crippen LogP) is 1.10. The van der Waals surface area contributed by atoms with Gasteiger partial charge in [0.2, 0.25) is 0 Å². The molecular formula is C16H17N5O2. The third-order valence-corrected chi connectivity index (χ3v) is 3.68. The number of imidazole rings is 1. The summed E-state index contributed by atoms with van der Waals surface area (Å²) in [6.07, 6.45) is 8.89. The van der Waals surface area contributed by atoms with Gasteiger partial charge >= 0.3 is 0 Å². The zero-order valence-electron chi connectivity index (χ0n) is 12.7. The van der Waals surface area contributed by atoms with Gasteiger partial charge in [0.15, 0.2) is 0 Å². The third kappa shape index (κ3) is 3.13. The van der Waals surface area contributed by atoms with E-state index in [1.54, 1.807) is 36.9 Å². The van der Waals surface area contributed by atoms with Gasteiger partial charge < -0.3 is 9.88 Å². The molecule has 118 valence electrons. The molecule has 0 aliphatic heterocycles. The van der Waals surface area contributed by atoms with Gasteiger partial charge in [0, 0.05) is 37.4 Å². The maximum absolute atomic E-state index is 12.4. The number of fused-ring (bicyclic) bond motifs is 1. The molecule has 0 saturated heterocycles. The monoisotopic (exact) mass is 311 g/mol. The van der Waals surface area contributed by atoms with Crippen LogP contribution >= 0.6 is 0 Å². The van der Waals surface area contributed by atoms with Crippen molar-refractivity contribution in [3.8, 4) is 0 Å². The van der Waals surface area contributed by atoms with E-state index in [1.165, 1.54) is 10.6 Å². The topological polar surface area (TPSA) is 81.3 Å². The first-order valence-electron chi connectivity index (χ1n) is 7.42. The second kappa shape index (κ2) is 6.43. The molecule has 3 aromatic heterocycles. The molecule has 0 saturated carbocycles. The van der Waals surface area contributed by atoms with E-state index in [-0.39, 0.29) is 17.2 Å². The Morgan fingerprint density at radius 2 is 2.22 bits per heavy atom. The maximum Gasteiger partial charge on any atom is 0.270 e. The lowest BCUT2D eigenvalue weighted by molar-refractivity contribution is 0.0930. The van der Waals surface area contributed by atoms with Gasteiger partial charge in [-0.25, -0.2) is 9.97 Å². The van der Waals surface area contributed by atoms with Gasteiger partial charge in [-0.2, -0.15) is 0 Å². The number of pyridine rings is 1. The summed E-state index contributed by atoms with van der Waals surface area (Å²) in [5.74, 6) is -0.410. The van der Waals surface area contributed by atoms with Crippen molar-refractivity contribution in [3.63, 3.8) is 0 Å². The van der Waals surface area contributed by atoms with E-state index in [2.05, 4.69) is 15.3 Å². The summed E-state index contributed by atoms with van der Waals surface area (Å²) in [7, 11) is 0. The molecule has 3 rings (SSSR count). The molecular weight excluding hydrogens is 294 g/mol. The highest BCUT2D eigenvalue weighted by molar-refractivity contribution is 5.93. The minimum absolute atomic E-state index is 0.0396. The van der Waals surface area contributed by atoms with E-state index in [1.807, 2.05) is 17.7 Å². The Hall–Kier alpha value is -2.96. The van der Waals surface area contributed by atoms with Gasteiger partial charge in [-0.05, 0) is 18.6 Å². The highest BCUT2D eigenvalue weighted by Gasteiger charge is 2.17. The number of nitrogens with zero attached hydrogens (tertiary/aromatic N) is 4. The van der Waals surface area contributed by atoms with Gasteiger partial charge in [0.1, 0.15) is 11.2 Å². The van der Waals surface area contributed by atoms with Crippen molar-refractivity contribution < 1.29 is 4.79 Å². The lowest BCUT2D eigenvalue weighted by atomic mass is 10.2. The largest absolute Gasteiger partial charge is 0.347 e. The molecule has 3 aromatic rings. The van der Waals surface area contributed by atoms with Crippen molar-refractivity contribution in [2.24, 2.45) is 0 Å². The number of carbonyl (C=O) groups is 1. The summed E-state index contributed by atoms with van der Waals surface area (Å²) < 4.78 is 3.26. The van der Waals surface area contributed by atoms with Crippen molar-refractivity contribution in [3.05, 3.63) is 65.2 Å². The Balaban J connectivity index is 1.82. The summed E-state index contributed by atoms with van der Waals surface area (Å²) in [4.78, 5) is 33.0. The molecule has 23 heavy (non-hydrogen) atoms. The fourth-order valence-electron chi connectivity index (χ4n) is 2.37. The van der Waals surface area contributed by atoms with Crippen molar-refractivity contribution >= 4 is 11.6 Å². The molecule has 7 heteroatoms. The smallest absolute Gasteiger partial charge is 0.270 e. The van der Waals surface area contributed by atoms with Crippen LogP contribution in [0.2, 0.25) is 0 Å². The fourth-order valence-corrected chi connectivity index (χ4v) is 2.37. The second-order valence-corrected chi connectivity index (χ2v) is 5.24. The van der Waals surface area contributed by atoms with Crippen LogP contribution in [0.3, 0.4) is 0 Å². The number of nitrogens with one attached hydrogen (secondary N) is 1. The van der Waals surface area contributed by atoms with Crippen molar-refractivity contribution in [1.82, 2.24) is 24.3 Å². The van der Waals surface area contributed by atoms with Crippen molar-refractivity contribution in [2.75, 3.05) is 0 Å². The first-order chi connectivity index (χ1) is 11.2. The zero-order chi connectivity index (χ0) is 16.2. The van der Waals surface area contributed by atoms with Crippen LogP contribution in [0.15, 0.2) is 54.1 Å². The lowest BCUT2D eigenvalue weighted by Crippen LogP contribution is -2.40. The van der Waals surface area contributed by atoms with E-state index in [4.69, 9.17) is 0 Å². The zero-order valence-corrected chi connectivity index (χ0v) is 12.7. The van der Waals surface area contributed by atoms with E-state index in [0.29, 0.717) is 12.2 Å². The van der Waals surface area contributed by atoms with Crippen LogP contribution in [0, 0.1) is 0 Å². The third-order valence-electron chi connectivity index (χ3n) is 3.68. The molecule has 0 aromatic carbocycles. The summed E-state index contributed by atoms with van der Waals surface area (Å²) in [5, 5.41) is 2.89. The van der Waals surface area contributed by atoms with Crippen LogP contribution in [0.4, 0.5) is 0 Å². The van der Waals surface area contributed by atoms with E-state index in [9.17, 15) is 9.59 Å². The minimum atomic E-state index is -0.410. The standard InChI is InChI=1S/C16H17N5O2/c1-2-12(10-20-8-6-17-11-20)19-15(22)13-9-18-14-5-3-4-7-21(14)16(13)23/h3-9,11-12H,2,10H2,1H3,(H,19,22). The second-order valence-electron chi connectivity index (χ2n) is 5.24. The Morgan fingerprint density at radius 1 is 1.35 bits per heavy atom. The molecule has 0 fully saturated rings. The Morgan fingerprint density at radius 3 is 2.96 bits per heavy atom. The van der Waals surface area contributed by atoms with Crippen LogP contribution in [-0.4, -0.2) is 30.9 Å². The highest BCUT2D eigenvalue weighted by Crippen LogP contribution is 2.01. The van der Waals surface area contributed by atoms with Crippen molar-refractivity contribution in [2.45, 2.75) is 25.9 Å². The Bertz CT molecular complexity index is 870. The average molecular weight is 311 g/mol. The predicted molar refractivity (Wildman–Crippen MR) is 85.2 cm³/mol. The van der Waals surface area contributed by atoms with Gasteiger partial charge in [-0.3, -0.25) is 14.0 Å². The van der Waals surface area contributed by atoms with Crippen LogP contribution in [0.5, 0.6) is 0 Å². The molecule has 1 N–H and O–H groups in total. The lowest BCUT2D eigenvalue weighted by Gasteiger charge is -2.17. The van der Waals surface area contributed by atoms with Crippen molar-refractivity contribution in [1.29, 1.82) is 0 Å². The fraction of sp³-hybridized carbons (Fsp3) is 0.250. The molecule has 1 amide bonds. The number of hydrogen-bond acceptors (Lipinski definition) is 4. The number of aromatic nitrogens is 4. The molecule has 1 atom stereocenters. The summed E-state index contributed by atoms with van der Waals surface area (Å²) in [6.45, 7) is 2.58. The SMILES string of the molecule is CCC(Cn1ccnc1)NC(=O)c1cnc2ccccn2c1=O. The van der Waals surface area contributed by atoms with Gasteiger partial charge in [-0.1, -0.05) is 13.0 Å². The summed E-state index contributed by atoms with van der Waals surface area (Å²) in [6, 6.07) is 5.15. The quantitative estimate of drug-likeness (QED) is 0.765. The van der Waals surface area contributed by atoms with Crippen LogP contribution < -0.4 is 10.9 Å². The van der Waals surface area contributed by atoms with E-state index in [0.717, 1.165) is 6.42 Å². The first kappa shape index (κ1) is 15.0. The van der Waals surface area contributed by atoms with Crippen LogP contribution in [-0.2, 0) is 6.54 Å². The Kier molecular flexibility index (Phi) is 4.18. The molecule has 0 radical (unpaired) electrons. The van der Waals surface area contributed by atoms with Crippen LogP contribution in [0.25, 0.3) is 5.65 Å². The molecule has 0 bridgehead atoms. The molecule has 7 nitrogen and oxygen atoms in total. The Labute approximate surface area is 132 Å². The number of amides is 1. The number of hydrogen-bond donors (Lipinski definition) is 1. The first-order valence-corrected chi connectivity index (χ1v) is 7.42. The summed E-state index contributed by atoms with van der Waals surface area (Å²) in [5.41, 5.74) is 0.183. The van der Waals surface area contributed by atoms with Crippen LogP contribution in [0.1, 0.15) is 23.7 Å². The molecule has 0 aliphatic carbocycles. The normalized spacial score (nSPS) is 12.2. The minimum Gasteiger partial charge on any atom is -0.347 e. The van der Waals surface area contributed by atoms with E-state index < -0.39 is 5.91 Å². The van der Waals surface area contributed by atoms with Gasteiger partial charge in [0.05, 0.1) is 6.33 Å². The summed E-state index contributed by atoms with van der Waals surface area (Å²) >= 11 is 0. The van der Waals surface area contributed by atoms with E-state index >= 15 is 0 Å². The molecule has 0 spiro atoms. The maximum atomic E-state index is 12.4.